The smallest absolute Gasteiger partial charge is 0.240 e. The van der Waals surface area contributed by atoms with E-state index in [1.807, 2.05) is 12.1 Å². The molecule has 3 N–H and O–H groups in total. The summed E-state index contributed by atoms with van der Waals surface area (Å²) in [6.45, 7) is 5.80. The van der Waals surface area contributed by atoms with Gasteiger partial charge in [0.15, 0.2) is 5.96 Å². The minimum absolute atomic E-state index is 0.0157. The van der Waals surface area contributed by atoms with E-state index in [0.717, 1.165) is 30.8 Å². The molecule has 8 heteroatoms. The zero-order valence-corrected chi connectivity index (χ0v) is 16.6. The summed E-state index contributed by atoms with van der Waals surface area (Å²) in [4.78, 5) is 4.45. The van der Waals surface area contributed by atoms with E-state index in [-0.39, 0.29) is 11.0 Å². The number of rotatable bonds is 8. The number of sulfonamides is 1. The second-order valence-electron chi connectivity index (χ2n) is 6.51. The van der Waals surface area contributed by atoms with Crippen LogP contribution in [0.15, 0.2) is 34.2 Å². The van der Waals surface area contributed by atoms with Crippen LogP contribution in [0.2, 0.25) is 0 Å². The number of nitrogens with zero attached hydrogens (tertiary/aromatic N) is 1. The maximum Gasteiger partial charge on any atom is 0.240 e. The van der Waals surface area contributed by atoms with E-state index in [9.17, 15) is 8.42 Å². The highest BCUT2D eigenvalue weighted by Crippen LogP contribution is 2.14. The average molecular weight is 383 g/mol. The third-order valence-corrected chi connectivity index (χ3v) is 5.88. The predicted molar refractivity (Wildman–Crippen MR) is 104 cm³/mol. The van der Waals surface area contributed by atoms with Gasteiger partial charge in [-0.2, -0.15) is 0 Å². The molecule has 146 valence electrons. The normalized spacial score (nSPS) is 19.3. The number of hydrogen-bond acceptors (Lipinski definition) is 4. The molecular weight excluding hydrogens is 352 g/mol. The van der Waals surface area contributed by atoms with E-state index in [1.165, 1.54) is 0 Å². The number of hydrogen-bond donors (Lipinski definition) is 3. The van der Waals surface area contributed by atoms with Crippen LogP contribution in [-0.2, 0) is 21.3 Å². The fraction of sp³-hybridized carbons (Fsp3) is 0.611. The van der Waals surface area contributed by atoms with Crippen molar-refractivity contribution in [2.45, 2.75) is 56.7 Å². The summed E-state index contributed by atoms with van der Waals surface area (Å²) in [7, 11) is -1.78. The van der Waals surface area contributed by atoms with Crippen molar-refractivity contribution in [1.29, 1.82) is 0 Å². The summed E-state index contributed by atoms with van der Waals surface area (Å²) in [5.74, 6) is 0.731. The van der Waals surface area contributed by atoms with Gasteiger partial charge in [0.1, 0.15) is 0 Å². The van der Waals surface area contributed by atoms with Gasteiger partial charge >= 0.3 is 0 Å². The Hall–Kier alpha value is -1.64. The molecular formula is C18H30N4O3S. The molecule has 0 aliphatic carbocycles. The SMILES string of the molecule is CCC(C)NC(=NC)NCc1ccc(S(=O)(=O)NCC2CCCO2)cc1. The van der Waals surface area contributed by atoms with Gasteiger partial charge in [-0.05, 0) is 43.9 Å². The van der Waals surface area contributed by atoms with Crippen LogP contribution in [0, 0.1) is 0 Å². The zero-order valence-electron chi connectivity index (χ0n) is 15.8. The standard InChI is InChI=1S/C18H30N4O3S/c1-4-14(2)22-18(19-3)20-12-15-7-9-17(10-8-15)26(23,24)21-13-16-6-5-11-25-16/h7-10,14,16,21H,4-6,11-13H2,1-3H3,(H2,19,20,22). The second-order valence-corrected chi connectivity index (χ2v) is 8.28. The summed E-state index contributed by atoms with van der Waals surface area (Å²) in [5, 5.41) is 6.52. The van der Waals surface area contributed by atoms with Crippen LogP contribution >= 0.6 is 0 Å². The largest absolute Gasteiger partial charge is 0.377 e. The molecule has 1 heterocycles. The molecule has 1 aliphatic heterocycles. The Morgan fingerprint density at radius 2 is 2.08 bits per heavy atom. The van der Waals surface area contributed by atoms with Gasteiger partial charge in [-0.25, -0.2) is 13.1 Å². The van der Waals surface area contributed by atoms with Gasteiger partial charge in [0.2, 0.25) is 10.0 Å². The van der Waals surface area contributed by atoms with Crippen LogP contribution in [0.3, 0.4) is 0 Å². The van der Waals surface area contributed by atoms with Gasteiger partial charge < -0.3 is 15.4 Å². The van der Waals surface area contributed by atoms with Crippen LogP contribution in [-0.4, -0.2) is 46.7 Å². The molecule has 0 amide bonds. The Morgan fingerprint density at radius 3 is 2.65 bits per heavy atom. The van der Waals surface area contributed by atoms with Crippen molar-refractivity contribution < 1.29 is 13.2 Å². The first kappa shape index (κ1) is 20.7. The lowest BCUT2D eigenvalue weighted by Gasteiger charge is -2.16. The molecule has 0 radical (unpaired) electrons. The Balaban J connectivity index is 1.88. The molecule has 0 spiro atoms. The lowest BCUT2D eigenvalue weighted by Crippen LogP contribution is -2.41. The molecule has 7 nitrogen and oxygen atoms in total. The monoisotopic (exact) mass is 382 g/mol. The number of benzene rings is 1. The highest BCUT2D eigenvalue weighted by Gasteiger charge is 2.20. The summed E-state index contributed by atoms with van der Waals surface area (Å²) in [6, 6.07) is 7.21. The molecule has 0 saturated carbocycles. The number of ether oxygens (including phenoxy) is 1. The molecule has 2 atom stereocenters. The molecule has 1 aromatic carbocycles. The van der Waals surface area contributed by atoms with Crippen molar-refractivity contribution in [1.82, 2.24) is 15.4 Å². The first-order chi connectivity index (χ1) is 12.4. The molecule has 26 heavy (non-hydrogen) atoms. The third kappa shape index (κ3) is 6.26. The number of guanidine groups is 1. The van der Waals surface area contributed by atoms with Gasteiger partial charge in [-0.3, -0.25) is 4.99 Å². The maximum absolute atomic E-state index is 12.4. The molecule has 1 aliphatic rings. The fourth-order valence-electron chi connectivity index (χ4n) is 2.59. The van der Waals surface area contributed by atoms with E-state index in [4.69, 9.17) is 4.74 Å². The summed E-state index contributed by atoms with van der Waals surface area (Å²) in [6.07, 6.45) is 2.88. The lowest BCUT2D eigenvalue weighted by molar-refractivity contribution is 0.114. The molecule has 2 unspecified atom stereocenters. The van der Waals surface area contributed by atoms with Gasteiger partial charge in [0.25, 0.3) is 0 Å². The first-order valence-corrected chi connectivity index (χ1v) is 10.6. The van der Waals surface area contributed by atoms with E-state index in [2.05, 4.69) is 34.2 Å². The van der Waals surface area contributed by atoms with Crippen molar-refractivity contribution in [3.05, 3.63) is 29.8 Å². The molecule has 0 aromatic heterocycles. The fourth-order valence-corrected chi connectivity index (χ4v) is 3.66. The van der Waals surface area contributed by atoms with Crippen molar-refractivity contribution in [3.8, 4) is 0 Å². The highest BCUT2D eigenvalue weighted by molar-refractivity contribution is 7.89. The van der Waals surface area contributed by atoms with Crippen LogP contribution in [0.1, 0.15) is 38.7 Å². The van der Waals surface area contributed by atoms with Crippen molar-refractivity contribution in [2.75, 3.05) is 20.2 Å². The van der Waals surface area contributed by atoms with Crippen molar-refractivity contribution >= 4 is 16.0 Å². The molecule has 1 saturated heterocycles. The lowest BCUT2D eigenvalue weighted by atomic mass is 10.2. The number of aliphatic imine (C=N–C) groups is 1. The average Bonchev–Trinajstić information content (AvgIpc) is 3.17. The first-order valence-electron chi connectivity index (χ1n) is 9.12. The van der Waals surface area contributed by atoms with E-state index >= 15 is 0 Å². The van der Waals surface area contributed by atoms with Crippen molar-refractivity contribution in [2.24, 2.45) is 4.99 Å². The Morgan fingerprint density at radius 1 is 1.35 bits per heavy atom. The van der Waals surface area contributed by atoms with Gasteiger partial charge in [-0.1, -0.05) is 19.1 Å². The summed E-state index contributed by atoms with van der Waals surface area (Å²) in [5.41, 5.74) is 0.982. The van der Waals surface area contributed by atoms with Gasteiger partial charge in [0.05, 0.1) is 11.0 Å². The van der Waals surface area contributed by atoms with E-state index in [0.29, 0.717) is 25.7 Å². The number of nitrogens with one attached hydrogen (secondary N) is 3. The molecule has 1 aromatic rings. The molecule has 1 fully saturated rings. The van der Waals surface area contributed by atoms with Crippen LogP contribution in [0.4, 0.5) is 0 Å². The predicted octanol–water partition coefficient (Wildman–Crippen LogP) is 1.61. The Kier molecular flexibility index (Phi) is 7.86. The summed E-state index contributed by atoms with van der Waals surface area (Å²) >= 11 is 0. The Bertz CT molecular complexity index is 683. The minimum atomic E-state index is -3.51. The minimum Gasteiger partial charge on any atom is -0.377 e. The Labute approximate surface area is 156 Å². The van der Waals surface area contributed by atoms with Crippen LogP contribution < -0.4 is 15.4 Å². The van der Waals surface area contributed by atoms with Crippen molar-refractivity contribution in [3.63, 3.8) is 0 Å². The van der Waals surface area contributed by atoms with Crippen LogP contribution in [0.5, 0.6) is 0 Å². The second kappa shape index (κ2) is 9.89. The zero-order chi connectivity index (χ0) is 19.0. The van der Waals surface area contributed by atoms with Crippen LogP contribution in [0.25, 0.3) is 0 Å². The van der Waals surface area contributed by atoms with E-state index < -0.39 is 10.0 Å². The molecule has 0 bridgehead atoms. The highest BCUT2D eigenvalue weighted by atomic mass is 32.2. The molecule has 2 rings (SSSR count). The maximum atomic E-state index is 12.4. The van der Waals surface area contributed by atoms with Gasteiger partial charge in [-0.15, -0.1) is 0 Å². The summed E-state index contributed by atoms with van der Waals surface area (Å²) < 4.78 is 32.8. The third-order valence-electron chi connectivity index (χ3n) is 4.44. The quantitative estimate of drug-likeness (QED) is 0.469. The van der Waals surface area contributed by atoms with Gasteiger partial charge in [0, 0.05) is 32.8 Å². The van der Waals surface area contributed by atoms with E-state index in [1.54, 1.807) is 19.2 Å². The topological polar surface area (TPSA) is 91.8 Å².